The number of nitrogens with two attached hydrogens (primary N) is 1. The van der Waals surface area contributed by atoms with Crippen LogP contribution in [0.15, 0.2) is 28.4 Å². The molecule has 0 unspecified atom stereocenters. The number of amidine groups is 1. The molecule has 1 aliphatic rings. The Kier molecular flexibility index (Phi) is 3.64. The van der Waals surface area contributed by atoms with Crippen LogP contribution in [-0.4, -0.2) is 31.0 Å². The lowest BCUT2D eigenvalue weighted by molar-refractivity contribution is 0.423. The van der Waals surface area contributed by atoms with Crippen LogP contribution in [0.2, 0.25) is 0 Å². The Morgan fingerprint density at radius 3 is 2.95 bits per heavy atom. The number of tetrazole rings is 1. The van der Waals surface area contributed by atoms with Crippen molar-refractivity contribution in [2.45, 2.75) is 41.8 Å². The number of nitrogens with zero attached hydrogens (tertiary/aromatic N) is 5. The summed E-state index contributed by atoms with van der Waals surface area (Å²) in [7, 11) is 0. The first-order valence-electron chi connectivity index (χ1n) is 6.51. The van der Waals surface area contributed by atoms with Crippen LogP contribution in [0.3, 0.4) is 0 Å². The number of pyridine rings is 1. The number of rotatable bonds is 4. The smallest absolute Gasteiger partial charge is 0.214 e. The van der Waals surface area contributed by atoms with E-state index in [4.69, 9.17) is 11.1 Å². The molecule has 1 saturated carbocycles. The Balaban J connectivity index is 1.88. The van der Waals surface area contributed by atoms with Crippen molar-refractivity contribution in [3.8, 4) is 0 Å². The number of hydrogen-bond donors (Lipinski definition) is 2. The van der Waals surface area contributed by atoms with E-state index in [1.165, 1.54) is 24.6 Å². The second kappa shape index (κ2) is 5.58. The van der Waals surface area contributed by atoms with Crippen LogP contribution in [-0.2, 0) is 0 Å². The summed E-state index contributed by atoms with van der Waals surface area (Å²) in [5.74, 6) is -0.0482. The summed E-state index contributed by atoms with van der Waals surface area (Å²) in [6.45, 7) is 0. The Hall–Kier alpha value is -1.96. The molecule has 8 heteroatoms. The molecule has 1 aliphatic carbocycles. The normalized spacial score (nSPS) is 15.6. The monoisotopic (exact) mass is 289 g/mol. The Bertz CT molecular complexity index is 618. The van der Waals surface area contributed by atoms with E-state index in [0.717, 1.165) is 22.9 Å². The summed E-state index contributed by atoms with van der Waals surface area (Å²) in [5.41, 5.74) is 6.02. The lowest BCUT2D eigenvalue weighted by Crippen LogP contribution is -2.14. The van der Waals surface area contributed by atoms with Crippen molar-refractivity contribution in [1.82, 2.24) is 25.2 Å². The molecule has 2 aromatic rings. The van der Waals surface area contributed by atoms with E-state index in [1.54, 1.807) is 6.20 Å². The van der Waals surface area contributed by atoms with Gasteiger partial charge in [-0.3, -0.25) is 10.4 Å². The second-order valence-corrected chi connectivity index (χ2v) is 5.72. The highest BCUT2D eigenvalue weighted by Gasteiger charge is 2.22. The maximum atomic E-state index is 7.57. The topological polar surface area (TPSA) is 106 Å². The summed E-state index contributed by atoms with van der Waals surface area (Å²) < 4.78 is 1.88. The van der Waals surface area contributed by atoms with Crippen LogP contribution in [0, 0.1) is 5.41 Å². The van der Waals surface area contributed by atoms with Gasteiger partial charge in [0.15, 0.2) is 0 Å². The summed E-state index contributed by atoms with van der Waals surface area (Å²) in [4.78, 5) is 4.94. The first kappa shape index (κ1) is 13.0. The van der Waals surface area contributed by atoms with Gasteiger partial charge in [-0.1, -0.05) is 12.8 Å². The molecule has 0 bridgehead atoms. The van der Waals surface area contributed by atoms with Crippen molar-refractivity contribution < 1.29 is 0 Å². The van der Waals surface area contributed by atoms with E-state index >= 15 is 0 Å². The number of hydrogen-bond acceptors (Lipinski definition) is 6. The fourth-order valence-electron chi connectivity index (χ4n) is 2.40. The van der Waals surface area contributed by atoms with Gasteiger partial charge in [0.2, 0.25) is 5.16 Å². The quantitative estimate of drug-likeness (QED) is 0.654. The zero-order valence-corrected chi connectivity index (χ0v) is 11.7. The summed E-state index contributed by atoms with van der Waals surface area (Å²) in [6.07, 6.45) is 6.30. The fourth-order valence-corrected chi connectivity index (χ4v) is 3.36. The first-order valence-corrected chi connectivity index (χ1v) is 7.32. The lowest BCUT2D eigenvalue weighted by atomic mass is 10.3. The van der Waals surface area contributed by atoms with Gasteiger partial charge in [-0.2, -0.15) is 0 Å². The molecule has 0 radical (unpaired) electrons. The molecule has 0 spiro atoms. The predicted octanol–water partition coefficient (Wildman–Crippen LogP) is 1.62. The molecule has 0 atom stereocenters. The molecule has 1 fully saturated rings. The molecule has 0 saturated heterocycles. The molecule has 2 aromatic heterocycles. The average Bonchev–Trinajstić information content (AvgIpc) is 3.09. The van der Waals surface area contributed by atoms with Gasteiger partial charge >= 0.3 is 0 Å². The van der Waals surface area contributed by atoms with Gasteiger partial charge in [-0.05, 0) is 47.2 Å². The minimum absolute atomic E-state index is 0.0482. The highest BCUT2D eigenvalue weighted by molar-refractivity contribution is 7.99. The summed E-state index contributed by atoms with van der Waals surface area (Å²) in [6, 6.07) is 4.07. The van der Waals surface area contributed by atoms with Crippen molar-refractivity contribution in [2.75, 3.05) is 0 Å². The maximum Gasteiger partial charge on any atom is 0.214 e. The molecular formula is C12H15N7S. The lowest BCUT2D eigenvalue weighted by Gasteiger charge is -2.11. The third-order valence-electron chi connectivity index (χ3n) is 3.36. The molecule has 0 aliphatic heterocycles. The van der Waals surface area contributed by atoms with Gasteiger partial charge in [-0.25, -0.2) is 4.68 Å². The van der Waals surface area contributed by atoms with Crippen molar-refractivity contribution in [3.05, 3.63) is 24.0 Å². The van der Waals surface area contributed by atoms with E-state index in [0.29, 0.717) is 11.7 Å². The zero-order chi connectivity index (χ0) is 13.9. The molecule has 0 amide bonds. The molecule has 3 N–H and O–H groups in total. The van der Waals surface area contributed by atoms with Crippen LogP contribution >= 0.6 is 11.8 Å². The fraction of sp³-hybridized carbons (Fsp3) is 0.417. The molecule has 2 heterocycles. The van der Waals surface area contributed by atoms with Gasteiger partial charge in [0.05, 0.1) is 6.04 Å². The van der Waals surface area contributed by atoms with Crippen LogP contribution in [0.1, 0.15) is 37.4 Å². The third kappa shape index (κ3) is 2.51. The van der Waals surface area contributed by atoms with E-state index in [2.05, 4.69) is 20.5 Å². The minimum Gasteiger partial charge on any atom is -0.382 e. The average molecular weight is 289 g/mol. The Morgan fingerprint density at radius 1 is 1.40 bits per heavy atom. The molecule has 3 rings (SSSR count). The third-order valence-corrected chi connectivity index (χ3v) is 4.36. The molecular weight excluding hydrogens is 274 g/mol. The molecule has 7 nitrogen and oxygen atoms in total. The number of nitrogens with one attached hydrogen (secondary N) is 1. The minimum atomic E-state index is -0.0482. The first-order chi connectivity index (χ1) is 9.75. The van der Waals surface area contributed by atoms with Gasteiger partial charge in [0, 0.05) is 11.1 Å². The highest BCUT2D eigenvalue weighted by atomic mass is 32.2. The number of aromatic nitrogens is 5. The van der Waals surface area contributed by atoms with Crippen molar-refractivity contribution in [1.29, 1.82) is 5.41 Å². The molecule has 20 heavy (non-hydrogen) atoms. The van der Waals surface area contributed by atoms with Crippen molar-refractivity contribution in [2.24, 2.45) is 5.73 Å². The predicted molar refractivity (Wildman–Crippen MR) is 74.7 cm³/mol. The van der Waals surface area contributed by atoms with Crippen LogP contribution in [0.25, 0.3) is 0 Å². The van der Waals surface area contributed by atoms with Crippen LogP contribution in [0.5, 0.6) is 0 Å². The van der Waals surface area contributed by atoms with Crippen molar-refractivity contribution in [3.63, 3.8) is 0 Å². The maximum absolute atomic E-state index is 7.57. The Morgan fingerprint density at radius 2 is 2.20 bits per heavy atom. The van der Waals surface area contributed by atoms with Crippen LogP contribution in [0.4, 0.5) is 0 Å². The highest BCUT2D eigenvalue weighted by Crippen LogP contribution is 2.34. The molecule has 0 aromatic carbocycles. The standard InChI is InChI=1S/C12H15N7S/c13-11(14)10-9(6-3-7-15-10)20-12-16-17-18-19(12)8-4-1-2-5-8/h3,6-8H,1-2,4-5H2,(H3,13,14). The zero-order valence-electron chi connectivity index (χ0n) is 10.9. The van der Waals surface area contributed by atoms with Crippen molar-refractivity contribution >= 4 is 17.6 Å². The van der Waals surface area contributed by atoms with Gasteiger partial charge in [0.1, 0.15) is 11.5 Å². The van der Waals surface area contributed by atoms with Gasteiger partial charge in [0.25, 0.3) is 0 Å². The van der Waals surface area contributed by atoms with E-state index in [1.807, 2.05) is 16.8 Å². The second-order valence-electron chi connectivity index (χ2n) is 4.71. The Labute approximate surface area is 120 Å². The summed E-state index contributed by atoms with van der Waals surface area (Å²) >= 11 is 1.41. The van der Waals surface area contributed by atoms with E-state index in [9.17, 15) is 0 Å². The van der Waals surface area contributed by atoms with E-state index in [-0.39, 0.29) is 5.84 Å². The van der Waals surface area contributed by atoms with E-state index < -0.39 is 0 Å². The summed E-state index contributed by atoms with van der Waals surface area (Å²) in [5, 5.41) is 20.3. The SMILES string of the molecule is N=C(N)c1ncccc1Sc1nnnn1C1CCCC1. The molecule has 104 valence electrons. The number of nitrogen functional groups attached to an aromatic ring is 1. The van der Waals surface area contributed by atoms with Gasteiger partial charge < -0.3 is 5.73 Å². The van der Waals surface area contributed by atoms with Crippen LogP contribution < -0.4 is 5.73 Å². The largest absolute Gasteiger partial charge is 0.382 e. The van der Waals surface area contributed by atoms with Gasteiger partial charge in [-0.15, -0.1) is 5.10 Å².